The second-order valence-corrected chi connectivity index (χ2v) is 12.7. The summed E-state index contributed by atoms with van der Waals surface area (Å²) in [7, 11) is 1.58. The molecule has 5 rings (SSSR count). The average molecular weight is 660 g/mol. The molecule has 48 heavy (non-hydrogen) atoms. The third-order valence-corrected chi connectivity index (χ3v) is 10.2. The number of aliphatic hydroxyl groups excluding tert-OH is 1. The van der Waals surface area contributed by atoms with E-state index < -0.39 is 29.1 Å². The van der Waals surface area contributed by atoms with Crippen LogP contribution in [-0.4, -0.2) is 84.9 Å². The zero-order valence-electron chi connectivity index (χ0n) is 28.4. The minimum absolute atomic E-state index is 0.0524. The molecule has 0 saturated carbocycles. The zero-order chi connectivity index (χ0) is 34.5. The Morgan fingerprint density at radius 2 is 1.54 bits per heavy atom. The summed E-state index contributed by atoms with van der Waals surface area (Å²) in [6.45, 7) is 13.1. The largest absolute Gasteiger partial charge is 0.497 e. The fourth-order valence-corrected chi connectivity index (χ4v) is 8.05. The Morgan fingerprint density at radius 1 is 0.938 bits per heavy atom. The van der Waals surface area contributed by atoms with Crippen LogP contribution in [-0.2, 0) is 19.1 Å². The molecular formula is C38H49N3O7. The topological polar surface area (TPSA) is 109 Å². The Morgan fingerprint density at radius 3 is 2.08 bits per heavy atom. The molecule has 1 spiro atoms. The van der Waals surface area contributed by atoms with Gasteiger partial charge in [0.15, 0.2) is 0 Å². The van der Waals surface area contributed by atoms with E-state index in [1.165, 1.54) is 0 Å². The molecule has 3 amide bonds. The molecule has 2 aromatic rings. The first-order valence-corrected chi connectivity index (χ1v) is 17.1. The lowest BCUT2D eigenvalue weighted by molar-refractivity contribution is -0.146. The molecule has 10 heteroatoms. The van der Waals surface area contributed by atoms with E-state index in [0.717, 1.165) is 0 Å². The predicted molar refractivity (Wildman–Crippen MR) is 185 cm³/mol. The van der Waals surface area contributed by atoms with Gasteiger partial charge in [-0.25, -0.2) is 0 Å². The van der Waals surface area contributed by atoms with Gasteiger partial charge in [-0.2, -0.15) is 0 Å². The highest BCUT2D eigenvalue weighted by Gasteiger charge is 2.79. The van der Waals surface area contributed by atoms with Crippen LogP contribution in [0.5, 0.6) is 11.5 Å². The highest BCUT2D eigenvalue weighted by atomic mass is 16.5. The van der Waals surface area contributed by atoms with Crippen LogP contribution >= 0.6 is 0 Å². The Balaban J connectivity index is 1.57. The maximum Gasteiger partial charge on any atom is 0.253 e. The summed E-state index contributed by atoms with van der Waals surface area (Å²) in [6, 6.07) is 13.6. The van der Waals surface area contributed by atoms with Gasteiger partial charge in [-0.15, -0.1) is 13.2 Å². The van der Waals surface area contributed by atoms with E-state index in [2.05, 4.69) is 13.2 Å². The van der Waals surface area contributed by atoms with Gasteiger partial charge in [-0.3, -0.25) is 14.4 Å². The van der Waals surface area contributed by atoms with Gasteiger partial charge < -0.3 is 34.0 Å². The first-order valence-electron chi connectivity index (χ1n) is 17.1. The Kier molecular flexibility index (Phi) is 11.0. The van der Waals surface area contributed by atoms with Crippen LogP contribution < -0.4 is 19.3 Å². The number of methoxy groups -OCH3 is 1. The number of aliphatic hydroxyl groups is 1. The number of anilines is 2. The van der Waals surface area contributed by atoms with Crippen molar-refractivity contribution in [1.29, 1.82) is 0 Å². The molecule has 0 aliphatic carbocycles. The SMILES string of the molecule is C=CCN(C(=O)C1N(CCCCCO)C(=O)[C@@H]2[C@@H](C(=O)N(CC=C)c3ccc(OCC)cc3)[C@@]3(CC)CCC12O3)c1ccc(OC)cc1. The van der Waals surface area contributed by atoms with Crippen LogP contribution in [0.1, 0.15) is 52.4 Å². The minimum atomic E-state index is -1.17. The Hall–Kier alpha value is -4.15. The number of likely N-dealkylation sites (tertiary alicyclic amines) is 1. The minimum Gasteiger partial charge on any atom is -0.497 e. The Bertz CT molecular complexity index is 1480. The molecule has 258 valence electrons. The molecule has 3 heterocycles. The molecule has 0 radical (unpaired) electrons. The quantitative estimate of drug-likeness (QED) is 0.185. The van der Waals surface area contributed by atoms with Gasteiger partial charge in [0, 0.05) is 37.6 Å². The van der Waals surface area contributed by atoms with Crippen molar-refractivity contribution in [3.05, 3.63) is 73.8 Å². The second-order valence-electron chi connectivity index (χ2n) is 12.7. The number of benzene rings is 2. The van der Waals surface area contributed by atoms with Gasteiger partial charge in [0.25, 0.3) is 5.91 Å². The number of rotatable bonds is 17. The van der Waals surface area contributed by atoms with Crippen molar-refractivity contribution < 1.29 is 33.7 Å². The van der Waals surface area contributed by atoms with E-state index in [9.17, 15) is 19.5 Å². The lowest BCUT2D eigenvalue weighted by atomic mass is 9.64. The summed E-state index contributed by atoms with van der Waals surface area (Å²) in [6.07, 6.45) is 6.80. The second kappa shape index (κ2) is 15.0. The summed E-state index contributed by atoms with van der Waals surface area (Å²) in [5, 5.41) is 9.41. The van der Waals surface area contributed by atoms with Crippen molar-refractivity contribution in [2.24, 2.45) is 11.8 Å². The van der Waals surface area contributed by atoms with Gasteiger partial charge in [-0.1, -0.05) is 19.1 Å². The first-order chi connectivity index (χ1) is 23.2. The maximum absolute atomic E-state index is 14.9. The number of fused-ring (bicyclic) bond motifs is 1. The summed E-state index contributed by atoms with van der Waals surface area (Å²) >= 11 is 0. The van der Waals surface area contributed by atoms with Crippen molar-refractivity contribution in [3.63, 3.8) is 0 Å². The fraction of sp³-hybridized carbons (Fsp3) is 0.500. The van der Waals surface area contributed by atoms with Crippen LogP contribution in [0.3, 0.4) is 0 Å². The number of amides is 3. The number of hydrogen-bond donors (Lipinski definition) is 1. The van der Waals surface area contributed by atoms with Crippen LogP contribution in [0.4, 0.5) is 11.4 Å². The van der Waals surface area contributed by atoms with Gasteiger partial charge in [0.2, 0.25) is 11.8 Å². The van der Waals surface area contributed by atoms with E-state index >= 15 is 0 Å². The molecule has 1 N–H and O–H groups in total. The molecule has 3 saturated heterocycles. The molecule has 3 aliphatic rings. The number of ether oxygens (including phenoxy) is 3. The highest BCUT2D eigenvalue weighted by molar-refractivity contribution is 6.07. The fourth-order valence-electron chi connectivity index (χ4n) is 8.05. The third kappa shape index (κ3) is 6.12. The number of hydrogen-bond acceptors (Lipinski definition) is 7. The van der Waals surface area contributed by atoms with E-state index in [1.807, 2.05) is 50.2 Å². The van der Waals surface area contributed by atoms with E-state index in [4.69, 9.17) is 14.2 Å². The summed E-state index contributed by atoms with van der Waals surface area (Å²) < 4.78 is 18.0. The molecule has 3 aliphatic heterocycles. The lowest BCUT2D eigenvalue weighted by Gasteiger charge is -2.37. The molecule has 2 bridgehead atoms. The van der Waals surface area contributed by atoms with Crippen LogP contribution in [0.2, 0.25) is 0 Å². The number of nitrogens with zero attached hydrogens (tertiary/aromatic N) is 3. The lowest BCUT2D eigenvalue weighted by Crippen LogP contribution is -2.56. The zero-order valence-corrected chi connectivity index (χ0v) is 28.4. The van der Waals surface area contributed by atoms with Crippen LogP contribution in [0.25, 0.3) is 0 Å². The highest BCUT2D eigenvalue weighted by Crippen LogP contribution is 2.65. The normalized spacial score (nSPS) is 25.5. The molecule has 5 atom stereocenters. The Labute approximate surface area is 283 Å². The van der Waals surface area contributed by atoms with Crippen LogP contribution in [0, 0.1) is 11.8 Å². The molecule has 2 aromatic carbocycles. The molecule has 2 unspecified atom stereocenters. The number of carbonyl (C=O) groups is 3. The van der Waals surface area contributed by atoms with E-state index in [0.29, 0.717) is 74.6 Å². The average Bonchev–Trinajstić information content (AvgIpc) is 3.71. The van der Waals surface area contributed by atoms with Crippen molar-refractivity contribution >= 4 is 29.1 Å². The molecule has 0 aromatic heterocycles. The predicted octanol–water partition coefficient (Wildman–Crippen LogP) is 5.15. The van der Waals surface area contributed by atoms with Gasteiger partial charge in [-0.05, 0) is 94.0 Å². The third-order valence-electron chi connectivity index (χ3n) is 10.2. The maximum atomic E-state index is 14.9. The summed E-state index contributed by atoms with van der Waals surface area (Å²) in [4.78, 5) is 49.4. The first kappa shape index (κ1) is 35.2. The van der Waals surface area contributed by atoms with Gasteiger partial charge in [0.05, 0.1) is 31.2 Å². The van der Waals surface area contributed by atoms with Gasteiger partial charge >= 0.3 is 0 Å². The van der Waals surface area contributed by atoms with E-state index in [1.54, 1.807) is 46.1 Å². The number of carbonyl (C=O) groups excluding carboxylic acids is 3. The van der Waals surface area contributed by atoms with Crippen molar-refractivity contribution in [1.82, 2.24) is 4.90 Å². The van der Waals surface area contributed by atoms with Gasteiger partial charge in [0.1, 0.15) is 23.1 Å². The monoisotopic (exact) mass is 659 g/mol. The van der Waals surface area contributed by atoms with Crippen molar-refractivity contribution in [3.8, 4) is 11.5 Å². The molecule has 10 nitrogen and oxygen atoms in total. The van der Waals surface area contributed by atoms with Crippen LogP contribution in [0.15, 0.2) is 73.8 Å². The molecular weight excluding hydrogens is 610 g/mol. The molecule has 3 fully saturated rings. The smallest absolute Gasteiger partial charge is 0.253 e. The summed E-state index contributed by atoms with van der Waals surface area (Å²) in [5.41, 5.74) is -0.757. The summed E-state index contributed by atoms with van der Waals surface area (Å²) in [5.74, 6) is -0.983. The van der Waals surface area contributed by atoms with Crippen molar-refractivity contribution in [2.45, 2.75) is 69.6 Å². The number of unbranched alkanes of at least 4 members (excludes halogenated alkanes) is 2. The van der Waals surface area contributed by atoms with Crippen molar-refractivity contribution in [2.75, 3.05) is 49.8 Å². The standard InChI is InChI=1S/C38H49N3O7/c1-6-23-39(27-15-19-30(20-16-27)47-9-4)34(43)31-32-35(44)41(25-11-10-12-26-42)33(38(32)22-21-37(31,8-3)48-38)36(45)40(24-7-2)28-13-17-29(46-5)18-14-28/h6-7,13-20,31-33,42H,1-2,8-12,21-26H2,3-5H3/t31-,32-,33?,37+,38?/m0/s1. The van der Waals surface area contributed by atoms with E-state index in [-0.39, 0.29) is 37.4 Å².